The number of rotatable bonds is 7. The standard InChI is InChI=1S/C25H25N3O4/c1-27(18-10-6-5-7-11-18)23(29)16-28-20-13-9-8-12-19(20)26-25(28)17-14-21(30-2)24(32-4)22(15-17)31-3/h5-15H,16H2,1-4H3. The number of carbonyl (C=O) groups is 1. The number of benzene rings is 3. The van der Waals surface area contributed by atoms with Crippen LogP contribution in [0.5, 0.6) is 17.2 Å². The lowest BCUT2D eigenvalue weighted by molar-refractivity contribution is -0.118. The van der Waals surface area contributed by atoms with Gasteiger partial charge in [0.05, 0.1) is 32.4 Å². The van der Waals surface area contributed by atoms with E-state index < -0.39 is 0 Å². The number of fused-ring (bicyclic) bond motifs is 1. The first kappa shape index (κ1) is 21.2. The molecule has 0 saturated heterocycles. The molecule has 1 heterocycles. The molecule has 0 fully saturated rings. The van der Waals surface area contributed by atoms with Crippen molar-refractivity contribution < 1.29 is 19.0 Å². The number of hydrogen-bond acceptors (Lipinski definition) is 5. The molecule has 0 atom stereocenters. The van der Waals surface area contributed by atoms with Crippen LogP contribution >= 0.6 is 0 Å². The molecule has 0 N–H and O–H groups in total. The van der Waals surface area contributed by atoms with Crippen molar-refractivity contribution in [2.45, 2.75) is 6.54 Å². The van der Waals surface area contributed by atoms with Gasteiger partial charge in [-0.1, -0.05) is 30.3 Å². The second-order valence-electron chi connectivity index (χ2n) is 7.21. The van der Waals surface area contributed by atoms with Gasteiger partial charge in [0.1, 0.15) is 12.4 Å². The van der Waals surface area contributed by atoms with Gasteiger partial charge < -0.3 is 23.7 Å². The summed E-state index contributed by atoms with van der Waals surface area (Å²) in [5.41, 5.74) is 3.25. The number of aromatic nitrogens is 2. The molecule has 7 nitrogen and oxygen atoms in total. The topological polar surface area (TPSA) is 65.8 Å². The van der Waals surface area contributed by atoms with Crippen LogP contribution in [0, 0.1) is 0 Å². The molecule has 3 aromatic carbocycles. The van der Waals surface area contributed by atoms with E-state index in [4.69, 9.17) is 19.2 Å². The van der Waals surface area contributed by atoms with Gasteiger partial charge in [0.15, 0.2) is 11.5 Å². The lowest BCUT2D eigenvalue weighted by atomic mass is 10.1. The number of amides is 1. The Morgan fingerprint density at radius 3 is 2.16 bits per heavy atom. The fourth-order valence-corrected chi connectivity index (χ4v) is 3.70. The SMILES string of the molecule is COc1cc(-c2nc3ccccc3n2CC(=O)N(C)c2ccccc2)cc(OC)c1OC. The Bertz CT molecular complexity index is 1230. The molecule has 32 heavy (non-hydrogen) atoms. The molecular formula is C25H25N3O4. The van der Waals surface area contributed by atoms with Crippen LogP contribution in [-0.2, 0) is 11.3 Å². The fourth-order valence-electron chi connectivity index (χ4n) is 3.70. The molecule has 0 spiro atoms. The molecule has 0 saturated carbocycles. The summed E-state index contributed by atoms with van der Waals surface area (Å²) in [5.74, 6) is 2.12. The Kier molecular flexibility index (Phi) is 5.98. The highest BCUT2D eigenvalue weighted by molar-refractivity contribution is 5.94. The summed E-state index contributed by atoms with van der Waals surface area (Å²) < 4.78 is 18.4. The van der Waals surface area contributed by atoms with Gasteiger partial charge in [-0.15, -0.1) is 0 Å². The van der Waals surface area contributed by atoms with E-state index in [0.717, 1.165) is 22.3 Å². The minimum absolute atomic E-state index is 0.0620. The summed E-state index contributed by atoms with van der Waals surface area (Å²) in [6, 6.07) is 21.0. The quantitative estimate of drug-likeness (QED) is 0.434. The Balaban J connectivity index is 1.82. The highest BCUT2D eigenvalue weighted by Gasteiger charge is 2.21. The van der Waals surface area contributed by atoms with E-state index in [9.17, 15) is 4.79 Å². The first-order valence-corrected chi connectivity index (χ1v) is 10.1. The zero-order valence-electron chi connectivity index (χ0n) is 18.5. The largest absolute Gasteiger partial charge is 0.493 e. The van der Waals surface area contributed by atoms with Crippen LogP contribution in [0.4, 0.5) is 5.69 Å². The predicted molar refractivity (Wildman–Crippen MR) is 125 cm³/mol. The zero-order valence-corrected chi connectivity index (χ0v) is 18.5. The van der Waals surface area contributed by atoms with Crippen LogP contribution in [0.25, 0.3) is 22.4 Å². The van der Waals surface area contributed by atoms with E-state index in [1.54, 1.807) is 33.3 Å². The van der Waals surface area contributed by atoms with E-state index in [0.29, 0.717) is 23.1 Å². The molecule has 1 amide bonds. The molecular weight excluding hydrogens is 406 g/mol. The minimum Gasteiger partial charge on any atom is -0.493 e. The number of anilines is 1. The lowest BCUT2D eigenvalue weighted by Gasteiger charge is -2.19. The third kappa shape index (κ3) is 3.85. The average molecular weight is 431 g/mol. The number of imidazole rings is 1. The number of nitrogens with zero attached hydrogens (tertiary/aromatic N) is 3. The van der Waals surface area contributed by atoms with Crippen molar-refractivity contribution in [3.8, 4) is 28.6 Å². The number of ether oxygens (including phenoxy) is 3. The molecule has 7 heteroatoms. The van der Waals surface area contributed by atoms with Gasteiger partial charge in [-0.3, -0.25) is 4.79 Å². The van der Waals surface area contributed by atoms with Crippen LogP contribution in [0.15, 0.2) is 66.7 Å². The second kappa shape index (κ2) is 9.01. The van der Waals surface area contributed by atoms with E-state index in [1.807, 2.05) is 71.3 Å². The van der Waals surface area contributed by atoms with Gasteiger partial charge in [-0.2, -0.15) is 0 Å². The minimum atomic E-state index is -0.0620. The molecule has 0 aliphatic carbocycles. The Morgan fingerprint density at radius 1 is 0.906 bits per heavy atom. The van der Waals surface area contributed by atoms with Crippen molar-refractivity contribution in [2.75, 3.05) is 33.3 Å². The number of methoxy groups -OCH3 is 3. The molecule has 164 valence electrons. The highest BCUT2D eigenvalue weighted by atomic mass is 16.5. The normalized spacial score (nSPS) is 10.8. The Morgan fingerprint density at radius 2 is 1.53 bits per heavy atom. The van der Waals surface area contributed by atoms with Crippen molar-refractivity contribution in [2.24, 2.45) is 0 Å². The summed E-state index contributed by atoms with van der Waals surface area (Å²) >= 11 is 0. The van der Waals surface area contributed by atoms with Crippen molar-refractivity contribution in [1.82, 2.24) is 9.55 Å². The van der Waals surface area contributed by atoms with Gasteiger partial charge >= 0.3 is 0 Å². The van der Waals surface area contributed by atoms with Crippen molar-refractivity contribution in [1.29, 1.82) is 0 Å². The smallest absolute Gasteiger partial charge is 0.246 e. The van der Waals surface area contributed by atoms with Gasteiger partial charge in [0, 0.05) is 18.3 Å². The van der Waals surface area contributed by atoms with E-state index >= 15 is 0 Å². The van der Waals surface area contributed by atoms with Gasteiger partial charge in [0.25, 0.3) is 0 Å². The molecule has 0 aliphatic rings. The Labute approximate surface area is 186 Å². The summed E-state index contributed by atoms with van der Waals surface area (Å²) in [6.07, 6.45) is 0. The Hall–Kier alpha value is -4.00. The fraction of sp³-hybridized carbons (Fsp3) is 0.200. The first-order valence-electron chi connectivity index (χ1n) is 10.1. The molecule has 0 bridgehead atoms. The average Bonchev–Trinajstić information content (AvgIpc) is 3.21. The lowest BCUT2D eigenvalue weighted by Crippen LogP contribution is -2.30. The molecule has 0 aliphatic heterocycles. The molecule has 4 aromatic rings. The molecule has 0 unspecified atom stereocenters. The maximum atomic E-state index is 13.2. The molecule has 0 radical (unpaired) electrons. The first-order chi connectivity index (χ1) is 15.6. The number of para-hydroxylation sites is 3. The second-order valence-corrected chi connectivity index (χ2v) is 7.21. The van der Waals surface area contributed by atoms with E-state index in [1.165, 1.54) is 0 Å². The van der Waals surface area contributed by atoms with Crippen LogP contribution in [-0.4, -0.2) is 43.8 Å². The van der Waals surface area contributed by atoms with Gasteiger partial charge in [-0.05, 0) is 36.4 Å². The van der Waals surface area contributed by atoms with Crippen molar-refractivity contribution in [3.63, 3.8) is 0 Å². The summed E-state index contributed by atoms with van der Waals surface area (Å²) in [6.45, 7) is 0.123. The predicted octanol–water partition coefficient (Wildman–Crippen LogP) is 4.39. The van der Waals surface area contributed by atoms with E-state index in [2.05, 4.69) is 0 Å². The summed E-state index contributed by atoms with van der Waals surface area (Å²) in [5, 5.41) is 0. The van der Waals surface area contributed by atoms with Crippen molar-refractivity contribution in [3.05, 3.63) is 66.7 Å². The number of carbonyl (C=O) groups excluding carboxylic acids is 1. The monoisotopic (exact) mass is 431 g/mol. The molecule has 1 aromatic heterocycles. The van der Waals surface area contributed by atoms with Crippen molar-refractivity contribution >= 4 is 22.6 Å². The third-order valence-corrected chi connectivity index (χ3v) is 5.39. The van der Waals surface area contributed by atoms with E-state index in [-0.39, 0.29) is 12.5 Å². The van der Waals surface area contributed by atoms with Gasteiger partial charge in [0.2, 0.25) is 11.7 Å². The van der Waals surface area contributed by atoms with Crippen LogP contribution in [0.3, 0.4) is 0 Å². The number of hydrogen-bond donors (Lipinski definition) is 0. The van der Waals surface area contributed by atoms with Crippen LogP contribution in [0.2, 0.25) is 0 Å². The maximum absolute atomic E-state index is 13.2. The highest BCUT2D eigenvalue weighted by Crippen LogP contribution is 2.41. The zero-order chi connectivity index (χ0) is 22.7. The van der Waals surface area contributed by atoms with Crippen LogP contribution < -0.4 is 19.1 Å². The maximum Gasteiger partial charge on any atom is 0.246 e. The third-order valence-electron chi connectivity index (χ3n) is 5.39. The number of likely N-dealkylation sites (N-methyl/N-ethyl adjacent to an activating group) is 1. The summed E-state index contributed by atoms with van der Waals surface area (Å²) in [7, 11) is 6.48. The summed E-state index contributed by atoms with van der Waals surface area (Å²) in [4.78, 5) is 19.7. The molecule has 4 rings (SSSR count). The van der Waals surface area contributed by atoms with Gasteiger partial charge in [-0.25, -0.2) is 4.98 Å². The van der Waals surface area contributed by atoms with Crippen LogP contribution in [0.1, 0.15) is 0 Å².